The summed E-state index contributed by atoms with van der Waals surface area (Å²) >= 11 is 11.0. The monoisotopic (exact) mass is 702 g/mol. The molecule has 0 fully saturated rings. The van der Waals surface area contributed by atoms with Crippen LogP contribution in [-0.4, -0.2) is 17.1 Å². The number of carbonyl (C=O) groups is 1. The number of halogens is 3. The van der Waals surface area contributed by atoms with Crippen LogP contribution in [0.15, 0.2) is 117 Å². The van der Waals surface area contributed by atoms with Crippen LogP contribution in [0.4, 0.5) is 4.39 Å². The van der Waals surface area contributed by atoms with E-state index in [9.17, 15) is 14.0 Å². The van der Waals surface area contributed by atoms with E-state index < -0.39 is 12.0 Å². The molecule has 1 aliphatic heterocycles. The van der Waals surface area contributed by atoms with Gasteiger partial charge in [0.2, 0.25) is 0 Å². The first kappa shape index (κ1) is 30.7. The van der Waals surface area contributed by atoms with Crippen molar-refractivity contribution in [1.82, 2.24) is 4.57 Å². The lowest BCUT2D eigenvalue weighted by molar-refractivity contribution is -0.138. The standard InChI is InChI=1S/C35H25BrClFN2O4S/c1-2-43-34(42)30-31(22-8-4-3-5-9-22)39-35-40(32(30)23-13-15-25(37)16-14-23)33(41)29(45-35)19-21-12-17-28(26(36)18-21)44-20-24-10-6-7-11-27(24)38/h3-19,32H,2,20H2,1H3/b29-19-/t32-/m1/s1. The highest BCUT2D eigenvalue weighted by Gasteiger charge is 2.35. The summed E-state index contributed by atoms with van der Waals surface area (Å²) < 4.78 is 28.0. The van der Waals surface area contributed by atoms with Gasteiger partial charge in [-0.25, -0.2) is 14.2 Å². The highest BCUT2D eigenvalue weighted by Crippen LogP contribution is 2.35. The van der Waals surface area contributed by atoms with Crippen LogP contribution in [-0.2, 0) is 16.1 Å². The molecule has 1 aromatic heterocycles. The number of rotatable bonds is 8. The topological polar surface area (TPSA) is 69.9 Å². The van der Waals surface area contributed by atoms with Gasteiger partial charge >= 0.3 is 5.97 Å². The lowest BCUT2D eigenvalue weighted by Gasteiger charge is -2.25. The lowest BCUT2D eigenvalue weighted by Crippen LogP contribution is -2.40. The molecule has 0 saturated heterocycles. The fraction of sp³-hybridized carbons (Fsp3) is 0.114. The maximum absolute atomic E-state index is 14.1. The Balaban J connectivity index is 1.46. The van der Waals surface area contributed by atoms with E-state index in [4.69, 9.17) is 26.1 Å². The van der Waals surface area contributed by atoms with Crippen LogP contribution in [0.1, 0.15) is 35.2 Å². The number of esters is 1. The maximum Gasteiger partial charge on any atom is 0.338 e. The first-order valence-corrected chi connectivity index (χ1v) is 16.0. The third-order valence-electron chi connectivity index (χ3n) is 7.15. The summed E-state index contributed by atoms with van der Waals surface area (Å²) in [7, 11) is 0. The fourth-order valence-corrected chi connectivity index (χ4v) is 6.69. The van der Waals surface area contributed by atoms with Crippen molar-refractivity contribution in [1.29, 1.82) is 0 Å². The predicted molar refractivity (Wildman–Crippen MR) is 177 cm³/mol. The molecule has 226 valence electrons. The molecule has 0 aliphatic carbocycles. The first-order chi connectivity index (χ1) is 21.8. The molecule has 2 heterocycles. The zero-order valence-corrected chi connectivity index (χ0v) is 27.0. The Kier molecular flexibility index (Phi) is 9.11. The van der Waals surface area contributed by atoms with Gasteiger partial charge in [0, 0.05) is 16.1 Å². The zero-order chi connectivity index (χ0) is 31.5. The van der Waals surface area contributed by atoms with Gasteiger partial charge in [0.05, 0.1) is 32.9 Å². The average molecular weight is 704 g/mol. The molecule has 10 heteroatoms. The van der Waals surface area contributed by atoms with Crippen LogP contribution in [0.2, 0.25) is 5.02 Å². The van der Waals surface area contributed by atoms with E-state index in [2.05, 4.69) is 15.9 Å². The summed E-state index contributed by atoms with van der Waals surface area (Å²) in [6.07, 6.45) is 1.77. The summed E-state index contributed by atoms with van der Waals surface area (Å²) in [6.45, 7) is 1.97. The van der Waals surface area contributed by atoms with Crippen LogP contribution in [0.25, 0.3) is 11.8 Å². The van der Waals surface area contributed by atoms with Gasteiger partial charge in [-0.15, -0.1) is 0 Å². The molecular formula is C35H25BrClFN2O4S. The van der Waals surface area contributed by atoms with E-state index in [-0.39, 0.29) is 30.2 Å². The number of carbonyl (C=O) groups excluding carboxylic acids is 1. The van der Waals surface area contributed by atoms with Gasteiger partial charge in [0.1, 0.15) is 18.2 Å². The van der Waals surface area contributed by atoms with Crippen molar-refractivity contribution in [3.63, 3.8) is 0 Å². The molecule has 6 rings (SSSR count). The molecule has 1 atom stereocenters. The third-order valence-corrected chi connectivity index (χ3v) is 9.01. The number of aromatic nitrogens is 1. The van der Waals surface area contributed by atoms with Gasteiger partial charge < -0.3 is 9.47 Å². The van der Waals surface area contributed by atoms with Crippen molar-refractivity contribution in [2.24, 2.45) is 4.99 Å². The predicted octanol–water partition coefficient (Wildman–Crippen LogP) is 7.07. The van der Waals surface area contributed by atoms with E-state index in [1.165, 1.54) is 17.4 Å². The fourth-order valence-electron chi connectivity index (χ4n) is 5.05. The van der Waals surface area contributed by atoms with E-state index in [1.807, 2.05) is 42.5 Å². The highest BCUT2D eigenvalue weighted by atomic mass is 79.9. The van der Waals surface area contributed by atoms with Gasteiger partial charge in [0.25, 0.3) is 5.56 Å². The van der Waals surface area contributed by atoms with Crippen LogP contribution in [0.3, 0.4) is 0 Å². The second-order valence-corrected chi connectivity index (χ2v) is 12.4. The van der Waals surface area contributed by atoms with Crippen LogP contribution >= 0.6 is 38.9 Å². The van der Waals surface area contributed by atoms with Crippen molar-refractivity contribution in [3.8, 4) is 5.75 Å². The molecule has 5 aromatic rings. The minimum atomic E-state index is -0.796. The Hall–Kier alpha value is -4.31. The Bertz CT molecular complexity index is 2110. The molecule has 0 N–H and O–H groups in total. The van der Waals surface area contributed by atoms with Crippen LogP contribution in [0.5, 0.6) is 5.75 Å². The van der Waals surface area contributed by atoms with Gasteiger partial charge in [-0.1, -0.05) is 89.7 Å². The Morgan fingerprint density at radius 2 is 1.78 bits per heavy atom. The van der Waals surface area contributed by atoms with Crippen molar-refractivity contribution < 1.29 is 18.7 Å². The van der Waals surface area contributed by atoms with E-state index in [0.29, 0.717) is 41.4 Å². The number of fused-ring (bicyclic) bond motifs is 1. The molecule has 0 radical (unpaired) electrons. The maximum atomic E-state index is 14.1. The van der Waals surface area contributed by atoms with Gasteiger partial charge in [0.15, 0.2) is 4.80 Å². The molecule has 0 spiro atoms. The minimum Gasteiger partial charge on any atom is -0.488 e. The summed E-state index contributed by atoms with van der Waals surface area (Å²) in [4.78, 5) is 33.0. The summed E-state index contributed by atoms with van der Waals surface area (Å²) in [6, 6.07) is 27.5. The SMILES string of the molecule is CCOC(=O)C1=C(c2ccccc2)N=c2s/c(=C\c3ccc(OCc4ccccc4F)c(Br)c3)c(=O)n2[C@@H]1c1ccc(Cl)cc1. The van der Waals surface area contributed by atoms with E-state index in [0.717, 1.165) is 11.1 Å². The number of nitrogens with zero attached hydrogens (tertiary/aromatic N) is 2. The number of benzene rings is 4. The number of hydrogen-bond acceptors (Lipinski definition) is 6. The lowest BCUT2D eigenvalue weighted by atomic mass is 9.93. The Labute approximate surface area is 275 Å². The molecule has 1 aliphatic rings. The molecule has 0 bridgehead atoms. The zero-order valence-electron chi connectivity index (χ0n) is 23.9. The van der Waals surface area contributed by atoms with Crippen molar-refractivity contribution in [2.45, 2.75) is 19.6 Å². The molecule has 4 aromatic carbocycles. The molecule has 6 nitrogen and oxygen atoms in total. The van der Waals surface area contributed by atoms with Gasteiger partial charge in [-0.2, -0.15) is 0 Å². The number of thiazole rings is 1. The van der Waals surface area contributed by atoms with Gasteiger partial charge in [-0.3, -0.25) is 9.36 Å². The molecule has 0 amide bonds. The Morgan fingerprint density at radius 3 is 2.49 bits per heavy atom. The first-order valence-electron chi connectivity index (χ1n) is 14.0. The molecule has 0 saturated carbocycles. The average Bonchev–Trinajstić information content (AvgIpc) is 3.35. The smallest absolute Gasteiger partial charge is 0.338 e. The Morgan fingerprint density at radius 1 is 1.04 bits per heavy atom. The minimum absolute atomic E-state index is 0.0699. The van der Waals surface area contributed by atoms with Crippen molar-refractivity contribution in [2.75, 3.05) is 6.61 Å². The van der Waals surface area contributed by atoms with Gasteiger partial charge in [-0.05, 0) is 70.4 Å². The highest BCUT2D eigenvalue weighted by molar-refractivity contribution is 9.10. The largest absolute Gasteiger partial charge is 0.488 e. The molecule has 45 heavy (non-hydrogen) atoms. The quantitative estimate of drug-likeness (QED) is 0.162. The van der Waals surface area contributed by atoms with Crippen LogP contribution < -0.4 is 19.6 Å². The summed E-state index contributed by atoms with van der Waals surface area (Å²) in [5, 5.41) is 0.531. The summed E-state index contributed by atoms with van der Waals surface area (Å²) in [5.41, 5.74) is 3.01. The number of hydrogen-bond donors (Lipinski definition) is 0. The van der Waals surface area contributed by atoms with Crippen molar-refractivity contribution in [3.05, 3.63) is 160 Å². The third kappa shape index (κ3) is 6.42. The normalized spacial score (nSPS) is 14.6. The summed E-state index contributed by atoms with van der Waals surface area (Å²) in [5.74, 6) is -0.352. The second kappa shape index (κ2) is 13.4. The van der Waals surface area contributed by atoms with E-state index >= 15 is 0 Å². The van der Waals surface area contributed by atoms with Crippen molar-refractivity contribution >= 4 is 56.6 Å². The second-order valence-electron chi connectivity index (χ2n) is 10.1. The van der Waals surface area contributed by atoms with E-state index in [1.54, 1.807) is 66.1 Å². The molecular weight excluding hydrogens is 679 g/mol. The van der Waals surface area contributed by atoms with Crippen LogP contribution in [0, 0.1) is 5.82 Å². The number of ether oxygens (including phenoxy) is 2. The molecule has 0 unspecified atom stereocenters.